The minimum absolute atomic E-state index is 0.0555. The second-order valence-corrected chi connectivity index (χ2v) is 6.17. The lowest BCUT2D eigenvalue weighted by atomic mass is 10.1. The van der Waals surface area contributed by atoms with Gasteiger partial charge in [-0.1, -0.05) is 11.3 Å². The number of aryl methyl sites for hydroxylation is 1. The van der Waals surface area contributed by atoms with Gasteiger partial charge in [0.05, 0.1) is 20.1 Å². The number of rotatable bonds is 4. The second kappa shape index (κ2) is 6.24. The number of benzene rings is 2. The molecule has 0 saturated carbocycles. The summed E-state index contributed by atoms with van der Waals surface area (Å²) >= 11 is 1.11. The van der Waals surface area contributed by atoms with E-state index in [4.69, 9.17) is 0 Å². The van der Waals surface area contributed by atoms with E-state index in [9.17, 15) is 25.0 Å². The number of carbonyl (C=O) groups is 1. The summed E-state index contributed by atoms with van der Waals surface area (Å²) in [6, 6.07) is 8.29. The lowest BCUT2D eigenvalue weighted by Gasteiger charge is -2.03. The van der Waals surface area contributed by atoms with Crippen LogP contribution in [0.5, 0.6) is 0 Å². The van der Waals surface area contributed by atoms with E-state index in [0.717, 1.165) is 11.3 Å². The van der Waals surface area contributed by atoms with Crippen LogP contribution < -0.4 is 5.32 Å². The number of nitrogens with one attached hydrogen (secondary N) is 1. The molecule has 2 aromatic carbocycles. The molecule has 3 aromatic rings. The number of nitro benzene ring substituents is 2. The van der Waals surface area contributed by atoms with Crippen LogP contribution in [0.2, 0.25) is 0 Å². The van der Waals surface area contributed by atoms with Gasteiger partial charge in [-0.15, -0.1) is 0 Å². The van der Waals surface area contributed by atoms with Crippen molar-refractivity contribution < 1.29 is 14.6 Å². The largest absolute Gasteiger partial charge is 0.298 e. The number of fused-ring (bicyclic) bond motifs is 1. The fourth-order valence-electron chi connectivity index (χ4n) is 2.25. The van der Waals surface area contributed by atoms with E-state index < -0.39 is 15.8 Å². The first kappa shape index (κ1) is 16.5. The van der Waals surface area contributed by atoms with Gasteiger partial charge in [-0.05, 0) is 25.1 Å². The zero-order valence-corrected chi connectivity index (χ0v) is 13.6. The third kappa shape index (κ3) is 3.28. The van der Waals surface area contributed by atoms with Gasteiger partial charge in [-0.25, -0.2) is 4.98 Å². The predicted molar refractivity (Wildman–Crippen MR) is 92.1 cm³/mol. The number of nitro groups is 2. The summed E-state index contributed by atoms with van der Waals surface area (Å²) in [6.07, 6.45) is 0. The van der Waals surface area contributed by atoms with E-state index in [0.29, 0.717) is 15.8 Å². The molecule has 0 spiro atoms. The highest BCUT2D eigenvalue weighted by atomic mass is 32.1. The fraction of sp³-hybridized carbons (Fsp3) is 0.0667. The van der Waals surface area contributed by atoms with E-state index in [1.165, 1.54) is 36.4 Å². The van der Waals surface area contributed by atoms with Crippen LogP contribution in [0.25, 0.3) is 10.2 Å². The van der Waals surface area contributed by atoms with Crippen LogP contribution in [-0.2, 0) is 0 Å². The van der Waals surface area contributed by atoms with Crippen LogP contribution in [-0.4, -0.2) is 20.7 Å². The van der Waals surface area contributed by atoms with Crippen molar-refractivity contribution in [1.29, 1.82) is 0 Å². The number of non-ortho nitro benzene ring substituents is 1. The first-order valence-electron chi connectivity index (χ1n) is 6.96. The molecule has 0 radical (unpaired) electrons. The standard InChI is InChI=1S/C15H10N4O5S/c1-8-6-9(2-5-12(8)19(23)24)14(20)17-15-16-11-4-3-10(18(21)22)7-13(11)25-15/h2-7H,1H3,(H,16,17,20). The molecule has 126 valence electrons. The second-order valence-electron chi connectivity index (χ2n) is 5.14. The van der Waals surface area contributed by atoms with Crippen LogP contribution in [0.4, 0.5) is 16.5 Å². The molecule has 0 fully saturated rings. The summed E-state index contributed by atoms with van der Waals surface area (Å²) < 4.78 is 0.574. The minimum atomic E-state index is -0.516. The lowest BCUT2D eigenvalue weighted by Crippen LogP contribution is -2.12. The van der Waals surface area contributed by atoms with Crippen molar-refractivity contribution in [3.63, 3.8) is 0 Å². The zero-order valence-electron chi connectivity index (χ0n) is 12.8. The summed E-state index contributed by atoms with van der Waals surface area (Å²) in [4.78, 5) is 37.1. The van der Waals surface area contributed by atoms with Gasteiger partial charge in [0, 0.05) is 29.3 Å². The minimum Gasteiger partial charge on any atom is -0.298 e. The maximum absolute atomic E-state index is 12.3. The van der Waals surface area contributed by atoms with Crippen LogP contribution in [0.15, 0.2) is 36.4 Å². The Hall–Kier alpha value is -3.40. The number of anilines is 1. The molecule has 0 aliphatic heterocycles. The Balaban J connectivity index is 1.85. The van der Waals surface area contributed by atoms with Crippen molar-refractivity contribution >= 4 is 44.0 Å². The third-order valence-corrected chi connectivity index (χ3v) is 4.39. The number of hydrogen-bond acceptors (Lipinski definition) is 7. The van der Waals surface area contributed by atoms with Gasteiger partial charge in [0.2, 0.25) is 0 Å². The highest BCUT2D eigenvalue weighted by molar-refractivity contribution is 7.22. The number of thiazole rings is 1. The Kier molecular flexibility index (Phi) is 4.11. The summed E-state index contributed by atoms with van der Waals surface area (Å²) in [7, 11) is 0. The lowest BCUT2D eigenvalue weighted by molar-refractivity contribution is -0.385. The van der Waals surface area contributed by atoms with Gasteiger partial charge in [0.15, 0.2) is 5.13 Å². The topological polar surface area (TPSA) is 128 Å². The van der Waals surface area contributed by atoms with E-state index in [-0.39, 0.29) is 22.1 Å². The molecule has 1 N–H and O–H groups in total. The van der Waals surface area contributed by atoms with Crippen LogP contribution in [0.3, 0.4) is 0 Å². The number of carbonyl (C=O) groups excluding carboxylic acids is 1. The van der Waals surface area contributed by atoms with Gasteiger partial charge in [0.25, 0.3) is 17.3 Å². The van der Waals surface area contributed by atoms with Crippen molar-refractivity contribution in [3.8, 4) is 0 Å². The number of nitrogens with zero attached hydrogens (tertiary/aromatic N) is 3. The van der Waals surface area contributed by atoms with Crippen molar-refractivity contribution in [2.45, 2.75) is 6.92 Å². The average Bonchev–Trinajstić information content (AvgIpc) is 2.95. The molecule has 3 rings (SSSR count). The molecule has 10 heteroatoms. The van der Waals surface area contributed by atoms with Crippen molar-refractivity contribution in [2.75, 3.05) is 5.32 Å². The van der Waals surface area contributed by atoms with Crippen LogP contribution >= 0.6 is 11.3 Å². The Morgan fingerprint density at radius 1 is 1.12 bits per heavy atom. The number of hydrogen-bond donors (Lipinski definition) is 1. The molecule has 9 nitrogen and oxygen atoms in total. The highest BCUT2D eigenvalue weighted by Gasteiger charge is 2.16. The first-order valence-corrected chi connectivity index (χ1v) is 7.78. The Morgan fingerprint density at radius 3 is 2.52 bits per heavy atom. The SMILES string of the molecule is Cc1cc(C(=O)Nc2nc3ccc([N+](=O)[O-])cc3s2)ccc1[N+](=O)[O-]. The molecule has 0 aliphatic rings. The summed E-state index contributed by atoms with van der Waals surface area (Å²) in [5, 5.41) is 24.5. The molecule has 25 heavy (non-hydrogen) atoms. The summed E-state index contributed by atoms with van der Waals surface area (Å²) in [5.41, 5.74) is 1.04. The average molecular weight is 358 g/mol. The molecule has 1 amide bonds. The zero-order chi connectivity index (χ0) is 18.1. The molecular weight excluding hydrogens is 348 g/mol. The van der Waals surface area contributed by atoms with Gasteiger partial charge >= 0.3 is 0 Å². The van der Waals surface area contributed by atoms with Gasteiger partial charge in [0.1, 0.15) is 0 Å². The summed E-state index contributed by atoms with van der Waals surface area (Å²) in [6.45, 7) is 1.55. The Labute approximate surface area is 144 Å². The van der Waals surface area contributed by atoms with E-state index in [1.807, 2.05) is 0 Å². The molecule has 0 atom stereocenters. The van der Waals surface area contributed by atoms with Crippen molar-refractivity contribution in [1.82, 2.24) is 4.98 Å². The van der Waals surface area contributed by atoms with Crippen LogP contribution in [0, 0.1) is 27.2 Å². The highest BCUT2D eigenvalue weighted by Crippen LogP contribution is 2.29. The monoisotopic (exact) mass is 358 g/mol. The fourth-order valence-corrected chi connectivity index (χ4v) is 3.15. The maximum Gasteiger partial charge on any atom is 0.272 e. The van der Waals surface area contributed by atoms with E-state index in [1.54, 1.807) is 6.92 Å². The van der Waals surface area contributed by atoms with Crippen LogP contribution in [0.1, 0.15) is 15.9 Å². The third-order valence-electron chi connectivity index (χ3n) is 3.46. The molecule has 0 unspecified atom stereocenters. The normalized spacial score (nSPS) is 10.6. The number of amides is 1. The van der Waals surface area contributed by atoms with Gasteiger partial charge in [-0.3, -0.25) is 30.3 Å². The smallest absolute Gasteiger partial charge is 0.272 e. The Bertz CT molecular complexity index is 1030. The van der Waals surface area contributed by atoms with E-state index in [2.05, 4.69) is 10.3 Å². The summed E-state index contributed by atoms with van der Waals surface area (Å²) in [5.74, 6) is -0.466. The Morgan fingerprint density at radius 2 is 1.88 bits per heavy atom. The van der Waals surface area contributed by atoms with Gasteiger partial charge < -0.3 is 0 Å². The molecule has 1 heterocycles. The molecule has 0 bridgehead atoms. The molecule has 0 aliphatic carbocycles. The van der Waals surface area contributed by atoms with Gasteiger partial charge in [-0.2, -0.15) is 0 Å². The van der Waals surface area contributed by atoms with Crippen molar-refractivity contribution in [3.05, 3.63) is 67.8 Å². The van der Waals surface area contributed by atoms with E-state index >= 15 is 0 Å². The predicted octanol–water partition coefficient (Wildman–Crippen LogP) is 3.67. The molecule has 0 saturated heterocycles. The quantitative estimate of drug-likeness (QED) is 0.559. The van der Waals surface area contributed by atoms with Crippen molar-refractivity contribution in [2.24, 2.45) is 0 Å². The molecule has 1 aromatic heterocycles. The number of aromatic nitrogens is 1. The first-order chi connectivity index (χ1) is 11.8. The molecular formula is C15H10N4O5S. The maximum atomic E-state index is 12.3.